The van der Waals surface area contributed by atoms with Crippen molar-refractivity contribution in [2.75, 3.05) is 0 Å². The first-order valence-corrected chi connectivity index (χ1v) is 7.23. The van der Waals surface area contributed by atoms with Crippen LogP contribution in [-0.4, -0.2) is 21.4 Å². The molecule has 0 spiro atoms. The first kappa shape index (κ1) is 14.9. The van der Waals surface area contributed by atoms with Crippen molar-refractivity contribution < 1.29 is 9.63 Å². The maximum Gasteiger partial charge on any atom is 0.256 e. The molecule has 0 bridgehead atoms. The van der Waals surface area contributed by atoms with Gasteiger partial charge in [-0.2, -0.15) is 4.98 Å². The number of rotatable bonds is 5. The molecular weight excluding hydrogens is 288 g/mol. The second-order valence-electron chi connectivity index (χ2n) is 5.03. The van der Waals surface area contributed by atoms with Crippen molar-refractivity contribution in [1.82, 2.24) is 10.1 Å². The fourth-order valence-corrected chi connectivity index (χ4v) is 2.07. The zero-order chi connectivity index (χ0) is 16.1. The van der Waals surface area contributed by atoms with Crippen LogP contribution < -0.4 is 0 Å². The summed E-state index contributed by atoms with van der Waals surface area (Å²) >= 11 is 0. The summed E-state index contributed by atoms with van der Waals surface area (Å²) in [5.41, 5.74) is 2.21. The Bertz CT molecular complexity index is 808. The Morgan fingerprint density at radius 3 is 2.39 bits per heavy atom. The van der Waals surface area contributed by atoms with E-state index in [1.807, 2.05) is 66.7 Å². The predicted molar refractivity (Wildman–Crippen MR) is 90.3 cm³/mol. The zero-order valence-corrected chi connectivity index (χ0v) is 12.5. The van der Waals surface area contributed by atoms with Gasteiger partial charge in [-0.05, 0) is 5.56 Å². The average Bonchev–Trinajstić information content (AvgIpc) is 3.11. The molecule has 1 atom stereocenters. The summed E-state index contributed by atoms with van der Waals surface area (Å²) < 4.78 is 5.20. The van der Waals surface area contributed by atoms with Gasteiger partial charge in [-0.25, -0.2) is 0 Å². The Labute approximate surface area is 134 Å². The van der Waals surface area contributed by atoms with Gasteiger partial charge in [-0.15, -0.1) is 0 Å². The van der Waals surface area contributed by atoms with Gasteiger partial charge in [-0.1, -0.05) is 84.6 Å². The third-order valence-corrected chi connectivity index (χ3v) is 3.36. The largest absolute Gasteiger partial charge is 0.384 e. The molecule has 2 aromatic carbocycles. The summed E-state index contributed by atoms with van der Waals surface area (Å²) in [5.74, 6) is 0.704. The molecule has 0 aliphatic rings. The van der Waals surface area contributed by atoms with Crippen LogP contribution in [0.15, 0.2) is 77.8 Å². The van der Waals surface area contributed by atoms with Crippen LogP contribution in [0.3, 0.4) is 0 Å². The molecule has 3 aromatic rings. The molecule has 0 saturated carbocycles. The maximum absolute atomic E-state index is 10.2. The Hall–Kier alpha value is -2.98. The van der Waals surface area contributed by atoms with Gasteiger partial charge in [-0.3, -0.25) is 0 Å². The molecule has 0 aliphatic heterocycles. The molecule has 1 N–H and O–H groups in total. The van der Waals surface area contributed by atoms with E-state index in [0.717, 1.165) is 11.1 Å². The summed E-state index contributed by atoms with van der Waals surface area (Å²) in [4.78, 5) is 4.29. The lowest BCUT2D eigenvalue weighted by Gasteiger charge is -2.04. The Balaban J connectivity index is 1.73. The highest BCUT2D eigenvalue weighted by atomic mass is 16.5. The lowest BCUT2D eigenvalue weighted by atomic mass is 10.1. The lowest BCUT2D eigenvalue weighted by molar-refractivity contribution is 0.275. The molecule has 0 fully saturated rings. The highest BCUT2D eigenvalue weighted by Gasteiger charge is 2.16. The molecule has 0 amide bonds. The van der Waals surface area contributed by atoms with Crippen LogP contribution in [0.4, 0.5) is 0 Å². The molecule has 1 unspecified atom stereocenters. The Kier molecular flexibility index (Phi) is 4.45. The smallest absolute Gasteiger partial charge is 0.256 e. The van der Waals surface area contributed by atoms with Gasteiger partial charge in [0.1, 0.15) is 6.10 Å². The van der Waals surface area contributed by atoms with Crippen LogP contribution in [0.25, 0.3) is 23.0 Å². The third-order valence-electron chi connectivity index (χ3n) is 3.36. The normalized spacial score (nSPS) is 12.4. The number of hydrogen-bond acceptors (Lipinski definition) is 4. The van der Waals surface area contributed by atoms with E-state index in [0.29, 0.717) is 11.4 Å². The molecule has 0 aliphatic carbocycles. The van der Waals surface area contributed by atoms with E-state index in [9.17, 15) is 5.11 Å². The second kappa shape index (κ2) is 6.85. The van der Waals surface area contributed by atoms with Crippen LogP contribution >= 0.6 is 0 Å². The van der Waals surface area contributed by atoms with Crippen LogP contribution in [0.2, 0.25) is 0 Å². The molecular formula is C19H16N2O2. The van der Waals surface area contributed by atoms with Crippen LogP contribution in [0, 0.1) is 0 Å². The van der Waals surface area contributed by atoms with Gasteiger partial charge in [0.15, 0.2) is 0 Å². The molecule has 4 heteroatoms. The van der Waals surface area contributed by atoms with E-state index >= 15 is 0 Å². The molecule has 3 rings (SSSR count). The van der Waals surface area contributed by atoms with Crippen molar-refractivity contribution in [1.29, 1.82) is 0 Å². The van der Waals surface area contributed by atoms with E-state index in [1.54, 1.807) is 6.08 Å². The zero-order valence-electron chi connectivity index (χ0n) is 12.5. The average molecular weight is 304 g/mol. The molecule has 1 aromatic heterocycles. The monoisotopic (exact) mass is 304 g/mol. The maximum atomic E-state index is 10.2. The molecule has 23 heavy (non-hydrogen) atoms. The molecule has 4 nitrogen and oxygen atoms in total. The van der Waals surface area contributed by atoms with Crippen molar-refractivity contribution in [3.63, 3.8) is 0 Å². The van der Waals surface area contributed by atoms with Crippen molar-refractivity contribution >= 4 is 11.6 Å². The van der Waals surface area contributed by atoms with Crippen molar-refractivity contribution in [3.05, 3.63) is 84.8 Å². The van der Waals surface area contributed by atoms with E-state index in [4.69, 9.17) is 4.52 Å². The number of nitrogens with zero attached hydrogens (tertiary/aromatic N) is 2. The predicted octanol–water partition coefficient (Wildman–Crippen LogP) is 3.82. The van der Waals surface area contributed by atoms with Crippen LogP contribution in [0.1, 0.15) is 11.5 Å². The minimum absolute atomic E-state index is 0.231. The summed E-state index contributed by atoms with van der Waals surface area (Å²) in [6, 6.07) is 19.2. The number of aromatic nitrogens is 2. The number of aliphatic hydroxyl groups excluding tert-OH is 1. The highest BCUT2D eigenvalue weighted by Crippen LogP contribution is 2.21. The molecule has 0 saturated heterocycles. The van der Waals surface area contributed by atoms with Crippen LogP contribution in [-0.2, 0) is 0 Å². The van der Waals surface area contributed by atoms with E-state index in [2.05, 4.69) is 16.7 Å². The van der Waals surface area contributed by atoms with E-state index < -0.39 is 6.10 Å². The quantitative estimate of drug-likeness (QED) is 0.778. The van der Waals surface area contributed by atoms with E-state index in [1.165, 1.54) is 0 Å². The van der Waals surface area contributed by atoms with Crippen molar-refractivity contribution in [2.24, 2.45) is 0 Å². The first-order valence-electron chi connectivity index (χ1n) is 7.23. The molecule has 114 valence electrons. The molecule has 1 heterocycles. The highest BCUT2D eigenvalue weighted by molar-refractivity contribution is 5.66. The summed E-state index contributed by atoms with van der Waals surface area (Å²) in [5, 5.41) is 14.1. The SMILES string of the molecule is C=C(c1nc(-c2ccccc2)no1)C(O)/C=C/c1ccccc1. The fraction of sp³-hybridized carbons (Fsp3) is 0.0526. The van der Waals surface area contributed by atoms with Gasteiger partial charge in [0, 0.05) is 11.1 Å². The van der Waals surface area contributed by atoms with Crippen LogP contribution in [0.5, 0.6) is 0 Å². The summed E-state index contributed by atoms with van der Waals surface area (Å²) in [7, 11) is 0. The summed E-state index contributed by atoms with van der Waals surface area (Å²) in [6.45, 7) is 3.85. The van der Waals surface area contributed by atoms with Gasteiger partial charge in [0.2, 0.25) is 5.82 Å². The standard InChI is InChI=1S/C19H16N2O2/c1-14(17(22)13-12-15-8-4-2-5-9-15)19-20-18(21-23-19)16-10-6-3-7-11-16/h2-13,17,22H,1H2/b13-12+. The topological polar surface area (TPSA) is 59.2 Å². The Morgan fingerprint density at radius 2 is 1.70 bits per heavy atom. The van der Waals surface area contributed by atoms with E-state index in [-0.39, 0.29) is 5.89 Å². The van der Waals surface area contributed by atoms with Gasteiger partial charge < -0.3 is 9.63 Å². The third kappa shape index (κ3) is 3.62. The second-order valence-corrected chi connectivity index (χ2v) is 5.03. The van der Waals surface area contributed by atoms with Gasteiger partial charge in [0.25, 0.3) is 5.89 Å². The van der Waals surface area contributed by atoms with Gasteiger partial charge in [0.05, 0.1) is 0 Å². The lowest BCUT2D eigenvalue weighted by Crippen LogP contribution is -2.04. The number of aliphatic hydroxyl groups is 1. The van der Waals surface area contributed by atoms with Crippen molar-refractivity contribution in [2.45, 2.75) is 6.10 Å². The fourth-order valence-electron chi connectivity index (χ4n) is 2.07. The first-order chi connectivity index (χ1) is 11.2. The number of hydrogen-bond donors (Lipinski definition) is 1. The van der Waals surface area contributed by atoms with Crippen molar-refractivity contribution in [3.8, 4) is 11.4 Å². The summed E-state index contributed by atoms with van der Waals surface area (Å²) in [6.07, 6.45) is 2.58. The minimum Gasteiger partial charge on any atom is -0.384 e. The molecule has 0 radical (unpaired) electrons. The Morgan fingerprint density at radius 1 is 1.04 bits per heavy atom. The minimum atomic E-state index is -0.890. The number of benzene rings is 2. The van der Waals surface area contributed by atoms with Gasteiger partial charge >= 0.3 is 0 Å².